The van der Waals surface area contributed by atoms with Gasteiger partial charge in [0.25, 0.3) is 0 Å². The Morgan fingerprint density at radius 2 is 2.24 bits per heavy atom. The third-order valence-electron chi connectivity index (χ3n) is 2.61. The fraction of sp³-hybridized carbons (Fsp3) is 0.308. The Bertz CT molecular complexity index is 486. The van der Waals surface area contributed by atoms with E-state index in [4.69, 9.17) is 10.5 Å². The van der Waals surface area contributed by atoms with Crippen LogP contribution in [0, 0.1) is 0 Å². The minimum Gasteiger partial charge on any atom is -0.465 e. The van der Waals surface area contributed by atoms with Crippen molar-refractivity contribution in [1.29, 1.82) is 0 Å². The molecule has 0 saturated carbocycles. The number of carbonyl (C=O) groups excluding carboxylic acids is 1. The summed E-state index contributed by atoms with van der Waals surface area (Å²) in [6.45, 7) is 2.13. The van der Waals surface area contributed by atoms with Gasteiger partial charge in [0, 0.05) is 17.6 Å². The van der Waals surface area contributed by atoms with Crippen LogP contribution in [0.15, 0.2) is 30.3 Å². The molecule has 3 N–H and O–H groups in total. The number of aromatic amines is 1. The number of para-hydroxylation sites is 1. The zero-order chi connectivity index (χ0) is 12.3. The van der Waals surface area contributed by atoms with E-state index in [1.807, 2.05) is 30.3 Å². The zero-order valence-corrected chi connectivity index (χ0v) is 9.77. The molecule has 1 unspecified atom stereocenters. The number of nitrogens with two attached hydrogens (primary N) is 1. The van der Waals surface area contributed by atoms with Crippen LogP contribution in [-0.2, 0) is 16.0 Å². The minimum absolute atomic E-state index is 0.355. The second-order valence-electron chi connectivity index (χ2n) is 3.94. The van der Waals surface area contributed by atoms with E-state index in [2.05, 4.69) is 4.98 Å². The number of fused-ring (bicyclic) bond motifs is 1. The van der Waals surface area contributed by atoms with E-state index >= 15 is 0 Å². The summed E-state index contributed by atoms with van der Waals surface area (Å²) in [5.41, 5.74) is 7.77. The summed E-state index contributed by atoms with van der Waals surface area (Å²) in [6, 6.07) is 9.36. The van der Waals surface area contributed by atoms with E-state index in [0.717, 1.165) is 16.6 Å². The number of rotatable bonds is 4. The van der Waals surface area contributed by atoms with Gasteiger partial charge in [-0.2, -0.15) is 0 Å². The first kappa shape index (κ1) is 11.7. The fourth-order valence-electron chi connectivity index (χ4n) is 1.81. The van der Waals surface area contributed by atoms with Crippen molar-refractivity contribution in [3.05, 3.63) is 36.0 Å². The number of nitrogens with one attached hydrogen (secondary N) is 1. The number of ether oxygens (including phenoxy) is 1. The number of hydrogen-bond donors (Lipinski definition) is 2. The first-order valence-electron chi connectivity index (χ1n) is 5.69. The van der Waals surface area contributed by atoms with Gasteiger partial charge >= 0.3 is 5.97 Å². The summed E-state index contributed by atoms with van der Waals surface area (Å²) in [4.78, 5) is 14.6. The smallest absolute Gasteiger partial charge is 0.323 e. The Balaban J connectivity index is 2.10. The maximum absolute atomic E-state index is 11.4. The highest BCUT2D eigenvalue weighted by Crippen LogP contribution is 2.15. The van der Waals surface area contributed by atoms with Crippen LogP contribution in [0.1, 0.15) is 12.6 Å². The molecule has 0 amide bonds. The topological polar surface area (TPSA) is 68.1 Å². The molecule has 0 bridgehead atoms. The van der Waals surface area contributed by atoms with Crippen LogP contribution in [-0.4, -0.2) is 23.6 Å². The number of aromatic nitrogens is 1. The normalized spacial score (nSPS) is 12.6. The molecule has 0 radical (unpaired) electrons. The third-order valence-corrected chi connectivity index (χ3v) is 2.61. The van der Waals surface area contributed by atoms with Gasteiger partial charge in [0.1, 0.15) is 6.04 Å². The molecule has 1 heterocycles. The van der Waals surface area contributed by atoms with Gasteiger partial charge in [-0.05, 0) is 24.4 Å². The Labute approximate surface area is 99.8 Å². The number of esters is 1. The molecule has 0 aliphatic heterocycles. The van der Waals surface area contributed by atoms with Crippen LogP contribution < -0.4 is 5.73 Å². The quantitative estimate of drug-likeness (QED) is 0.787. The van der Waals surface area contributed by atoms with Gasteiger partial charge in [-0.25, -0.2) is 0 Å². The molecular weight excluding hydrogens is 216 g/mol. The lowest BCUT2D eigenvalue weighted by atomic mass is 10.1. The van der Waals surface area contributed by atoms with Gasteiger partial charge < -0.3 is 15.5 Å². The molecular formula is C13H16N2O2. The Hall–Kier alpha value is -1.81. The zero-order valence-electron chi connectivity index (χ0n) is 9.77. The molecule has 0 aliphatic rings. The van der Waals surface area contributed by atoms with Crippen molar-refractivity contribution in [2.24, 2.45) is 5.73 Å². The Morgan fingerprint density at radius 3 is 2.94 bits per heavy atom. The second kappa shape index (κ2) is 5.01. The fourth-order valence-corrected chi connectivity index (χ4v) is 1.81. The second-order valence-corrected chi connectivity index (χ2v) is 3.94. The SMILES string of the molecule is CCOC(=O)C(N)Cc1cc2ccccc2[nH]1. The van der Waals surface area contributed by atoms with E-state index in [9.17, 15) is 4.79 Å². The molecule has 17 heavy (non-hydrogen) atoms. The van der Waals surface area contributed by atoms with Crippen molar-refractivity contribution in [1.82, 2.24) is 4.98 Å². The molecule has 0 saturated heterocycles. The summed E-state index contributed by atoms with van der Waals surface area (Å²) < 4.78 is 4.87. The average molecular weight is 232 g/mol. The molecule has 90 valence electrons. The standard InChI is InChI=1S/C13H16N2O2/c1-2-17-13(16)11(14)8-10-7-9-5-3-4-6-12(9)15-10/h3-7,11,15H,2,8,14H2,1H3. The summed E-state index contributed by atoms with van der Waals surface area (Å²) in [7, 11) is 0. The summed E-state index contributed by atoms with van der Waals surface area (Å²) in [5, 5.41) is 1.12. The van der Waals surface area contributed by atoms with Crippen molar-refractivity contribution in [2.75, 3.05) is 6.61 Å². The van der Waals surface area contributed by atoms with Crippen LogP contribution >= 0.6 is 0 Å². The van der Waals surface area contributed by atoms with E-state index < -0.39 is 6.04 Å². The van der Waals surface area contributed by atoms with Gasteiger partial charge in [0.15, 0.2) is 0 Å². The molecule has 0 spiro atoms. The van der Waals surface area contributed by atoms with Gasteiger partial charge in [0.05, 0.1) is 6.61 Å². The van der Waals surface area contributed by atoms with Crippen molar-refractivity contribution < 1.29 is 9.53 Å². The monoisotopic (exact) mass is 232 g/mol. The molecule has 0 fully saturated rings. The summed E-state index contributed by atoms with van der Waals surface area (Å²) in [6.07, 6.45) is 0.466. The predicted octanol–water partition coefficient (Wildman–Crippen LogP) is 1.60. The van der Waals surface area contributed by atoms with Crippen molar-refractivity contribution >= 4 is 16.9 Å². The third kappa shape index (κ3) is 2.65. The first-order valence-corrected chi connectivity index (χ1v) is 5.69. The summed E-state index contributed by atoms with van der Waals surface area (Å²) in [5.74, 6) is -0.355. The molecule has 0 aliphatic carbocycles. The molecule has 1 aromatic heterocycles. The van der Waals surface area contributed by atoms with E-state index in [-0.39, 0.29) is 5.97 Å². The van der Waals surface area contributed by atoms with Crippen LogP contribution in [0.2, 0.25) is 0 Å². The molecule has 1 aromatic carbocycles. The lowest BCUT2D eigenvalue weighted by Crippen LogP contribution is -2.34. The largest absolute Gasteiger partial charge is 0.465 e. The highest BCUT2D eigenvalue weighted by atomic mass is 16.5. The van der Waals surface area contributed by atoms with Crippen LogP contribution in [0.25, 0.3) is 10.9 Å². The molecule has 2 aromatic rings. The number of carbonyl (C=O) groups is 1. The van der Waals surface area contributed by atoms with Gasteiger partial charge in [0.2, 0.25) is 0 Å². The van der Waals surface area contributed by atoms with E-state index in [0.29, 0.717) is 13.0 Å². The molecule has 4 heteroatoms. The summed E-state index contributed by atoms with van der Waals surface area (Å²) >= 11 is 0. The number of benzene rings is 1. The minimum atomic E-state index is -0.608. The highest BCUT2D eigenvalue weighted by Gasteiger charge is 2.15. The number of H-pyrrole nitrogens is 1. The highest BCUT2D eigenvalue weighted by molar-refractivity contribution is 5.81. The molecule has 2 rings (SSSR count). The Morgan fingerprint density at radius 1 is 1.47 bits per heavy atom. The van der Waals surface area contributed by atoms with Crippen LogP contribution in [0.5, 0.6) is 0 Å². The first-order chi connectivity index (χ1) is 8.20. The van der Waals surface area contributed by atoms with Crippen LogP contribution in [0.4, 0.5) is 0 Å². The maximum Gasteiger partial charge on any atom is 0.323 e. The predicted molar refractivity (Wildman–Crippen MR) is 66.6 cm³/mol. The van der Waals surface area contributed by atoms with Crippen molar-refractivity contribution in [3.63, 3.8) is 0 Å². The van der Waals surface area contributed by atoms with Crippen molar-refractivity contribution in [2.45, 2.75) is 19.4 Å². The van der Waals surface area contributed by atoms with E-state index in [1.54, 1.807) is 6.92 Å². The van der Waals surface area contributed by atoms with Crippen molar-refractivity contribution in [3.8, 4) is 0 Å². The Kier molecular flexibility index (Phi) is 3.44. The lowest BCUT2D eigenvalue weighted by molar-refractivity contribution is -0.144. The lowest BCUT2D eigenvalue weighted by Gasteiger charge is -2.08. The van der Waals surface area contributed by atoms with E-state index in [1.165, 1.54) is 0 Å². The van der Waals surface area contributed by atoms with Gasteiger partial charge in [-0.15, -0.1) is 0 Å². The van der Waals surface area contributed by atoms with Gasteiger partial charge in [-0.1, -0.05) is 18.2 Å². The van der Waals surface area contributed by atoms with Crippen LogP contribution in [0.3, 0.4) is 0 Å². The average Bonchev–Trinajstić information content (AvgIpc) is 2.71. The maximum atomic E-state index is 11.4. The molecule has 1 atom stereocenters. The van der Waals surface area contributed by atoms with Gasteiger partial charge in [-0.3, -0.25) is 4.79 Å². The number of hydrogen-bond acceptors (Lipinski definition) is 3. The molecule has 4 nitrogen and oxygen atoms in total.